The highest BCUT2D eigenvalue weighted by Crippen LogP contribution is 2.07. The van der Waals surface area contributed by atoms with Gasteiger partial charge in [0.15, 0.2) is 0 Å². The van der Waals surface area contributed by atoms with Gasteiger partial charge in [0.1, 0.15) is 0 Å². The fourth-order valence-corrected chi connectivity index (χ4v) is 2.25. The van der Waals surface area contributed by atoms with Crippen molar-refractivity contribution in [3.05, 3.63) is 95.6 Å². The first kappa shape index (κ1) is 21.9. The maximum atomic E-state index is 12.2. The third-order valence-corrected chi connectivity index (χ3v) is 3.78. The summed E-state index contributed by atoms with van der Waals surface area (Å²) in [5.74, 6) is -0.238. The maximum absolute atomic E-state index is 12.2. The van der Waals surface area contributed by atoms with Crippen molar-refractivity contribution < 1.29 is 9.59 Å². The molecule has 0 bridgehead atoms. The van der Waals surface area contributed by atoms with Crippen LogP contribution in [0.15, 0.2) is 84.5 Å². The molecule has 27 heavy (non-hydrogen) atoms. The molecule has 0 heterocycles. The molecule has 0 atom stereocenters. The Kier molecular flexibility index (Phi) is 9.94. The van der Waals surface area contributed by atoms with Gasteiger partial charge in [-0.05, 0) is 38.0 Å². The molecule has 0 aliphatic heterocycles. The molecular weight excluding hydrogens is 336 g/mol. The second kappa shape index (κ2) is 12.3. The predicted octanol–water partition coefficient (Wildman–Crippen LogP) is 4.13. The van der Waals surface area contributed by atoms with Gasteiger partial charge in [-0.1, -0.05) is 67.3 Å². The van der Waals surface area contributed by atoms with Crippen LogP contribution in [-0.4, -0.2) is 11.8 Å². The molecule has 0 saturated carbocycles. The summed E-state index contributed by atoms with van der Waals surface area (Å²) in [6.45, 7) is 9.95. The highest BCUT2D eigenvalue weighted by Gasteiger charge is 2.06. The molecule has 0 unspecified atom stereocenters. The van der Waals surface area contributed by atoms with E-state index in [1.807, 2.05) is 50.3 Å². The molecule has 0 saturated heterocycles. The van der Waals surface area contributed by atoms with E-state index in [1.165, 1.54) is 0 Å². The van der Waals surface area contributed by atoms with Gasteiger partial charge in [-0.15, -0.1) is 0 Å². The Balaban J connectivity index is 2.64. The van der Waals surface area contributed by atoms with Crippen LogP contribution < -0.4 is 10.6 Å². The van der Waals surface area contributed by atoms with Gasteiger partial charge in [0.25, 0.3) is 5.91 Å². The summed E-state index contributed by atoms with van der Waals surface area (Å²) in [5, 5.41) is 5.79. The summed E-state index contributed by atoms with van der Waals surface area (Å²) in [5.41, 5.74) is 3.19. The molecule has 4 nitrogen and oxygen atoms in total. The van der Waals surface area contributed by atoms with Crippen LogP contribution in [0, 0.1) is 0 Å². The van der Waals surface area contributed by atoms with Crippen molar-refractivity contribution in [2.24, 2.45) is 0 Å². The first-order valence-corrected chi connectivity index (χ1v) is 8.91. The lowest BCUT2D eigenvalue weighted by Gasteiger charge is -2.09. The molecule has 142 valence electrons. The second-order valence-electron chi connectivity index (χ2n) is 5.90. The molecule has 0 aliphatic rings. The number of hydrogen-bond donors (Lipinski definition) is 2. The van der Waals surface area contributed by atoms with Crippen LogP contribution in [0.2, 0.25) is 0 Å². The summed E-state index contributed by atoms with van der Waals surface area (Å²) < 4.78 is 0. The monoisotopic (exact) mass is 364 g/mol. The molecule has 0 radical (unpaired) electrons. The number of carbonyl (C=O) groups excluding carboxylic acids is 2. The van der Waals surface area contributed by atoms with E-state index in [-0.39, 0.29) is 11.8 Å². The predicted molar refractivity (Wildman–Crippen MR) is 112 cm³/mol. The highest BCUT2D eigenvalue weighted by atomic mass is 16.2. The number of nitrogens with one attached hydrogen (secondary N) is 2. The van der Waals surface area contributed by atoms with Crippen LogP contribution in [-0.2, 0) is 22.7 Å². The second-order valence-corrected chi connectivity index (χ2v) is 5.90. The Morgan fingerprint density at radius 2 is 1.67 bits per heavy atom. The molecule has 1 aromatic carbocycles. The minimum Gasteiger partial charge on any atom is -0.348 e. The van der Waals surface area contributed by atoms with Gasteiger partial charge in [0.05, 0.1) is 0 Å². The fraction of sp³-hybridized carbons (Fsp3) is 0.217. The van der Waals surface area contributed by atoms with Crippen LogP contribution in [0.1, 0.15) is 31.9 Å². The molecule has 2 N–H and O–H groups in total. The fourth-order valence-electron chi connectivity index (χ4n) is 2.25. The van der Waals surface area contributed by atoms with E-state index in [0.29, 0.717) is 24.2 Å². The molecule has 0 aromatic heterocycles. The maximum Gasteiger partial charge on any atom is 0.251 e. The lowest BCUT2D eigenvalue weighted by Crippen LogP contribution is -2.25. The van der Waals surface area contributed by atoms with Gasteiger partial charge in [-0.25, -0.2) is 0 Å². The molecular formula is C23H28N2O2. The number of allylic oxidation sites excluding steroid dienone is 6. The molecule has 2 amide bonds. The number of benzene rings is 1. The number of amides is 2. The van der Waals surface area contributed by atoms with Crippen LogP contribution in [0.5, 0.6) is 0 Å². The average molecular weight is 364 g/mol. The van der Waals surface area contributed by atoms with E-state index in [4.69, 9.17) is 0 Å². The van der Waals surface area contributed by atoms with E-state index in [2.05, 4.69) is 17.2 Å². The van der Waals surface area contributed by atoms with Gasteiger partial charge in [0, 0.05) is 24.2 Å². The van der Waals surface area contributed by atoms with Gasteiger partial charge in [-0.2, -0.15) is 0 Å². The molecule has 0 fully saturated rings. The van der Waals surface area contributed by atoms with Gasteiger partial charge < -0.3 is 10.6 Å². The lowest BCUT2D eigenvalue weighted by molar-refractivity contribution is -0.118. The highest BCUT2D eigenvalue weighted by molar-refractivity contribution is 5.96. The number of carbonyl (C=O) groups is 2. The topological polar surface area (TPSA) is 58.2 Å². The van der Waals surface area contributed by atoms with Gasteiger partial charge >= 0.3 is 0 Å². The molecule has 1 rings (SSSR count). The first-order valence-electron chi connectivity index (χ1n) is 8.91. The van der Waals surface area contributed by atoms with Crippen molar-refractivity contribution in [3.8, 4) is 0 Å². The van der Waals surface area contributed by atoms with E-state index < -0.39 is 0 Å². The third-order valence-electron chi connectivity index (χ3n) is 3.78. The number of hydrogen-bond acceptors (Lipinski definition) is 2. The molecule has 0 aliphatic carbocycles. The van der Waals surface area contributed by atoms with Crippen LogP contribution in [0.3, 0.4) is 0 Å². The Hall–Kier alpha value is -3.14. The average Bonchev–Trinajstić information content (AvgIpc) is 2.69. The van der Waals surface area contributed by atoms with E-state index in [9.17, 15) is 9.59 Å². The van der Waals surface area contributed by atoms with Crippen LogP contribution >= 0.6 is 0 Å². The smallest absolute Gasteiger partial charge is 0.251 e. The quantitative estimate of drug-likeness (QED) is 0.511. The standard InChI is InChI=1S/C23H28N2O2/c1-5-8-11-18(4)22(26)24-16-19-12-10-13-20(15-19)17-25-23(27)21(7-3)14-9-6-2/h5-15H,2,16-17H2,1,3-4H3,(H,24,26)(H,25,27)/b8-5-,14-9-,18-11+,21-7+. The van der Waals surface area contributed by atoms with Crippen molar-refractivity contribution in [1.29, 1.82) is 0 Å². The summed E-state index contributed by atoms with van der Waals surface area (Å²) in [4.78, 5) is 24.2. The zero-order valence-corrected chi connectivity index (χ0v) is 16.3. The van der Waals surface area contributed by atoms with E-state index >= 15 is 0 Å². The van der Waals surface area contributed by atoms with Crippen LogP contribution in [0.25, 0.3) is 0 Å². The van der Waals surface area contributed by atoms with E-state index in [1.54, 1.807) is 37.3 Å². The molecule has 1 aromatic rings. The Morgan fingerprint density at radius 1 is 1.04 bits per heavy atom. The minimum atomic E-state index is -0.140. The summed E-state index contributed by atoms with van der Waals surface area (Å²) in [6, 6.07) is 7.78. The van der Waals surface area contributed by atoms with Crippen molar-refractivity contribution in [3.63, 3.8) is 0 Å². The SMILES string of the molecule is C=C/C=C\C(=C/C)C(=O)NCc1cccc(CNC(=O)/C(C)=C/C=C\C)c1. The lowest BCUT2D eigenvalue weighted by atomic mass is 10.1. The van der Waals surface area contributed by atoms with Crippen molar-refractivity contribution in [2.45, 2.75) is 33.9 Å². The summed E-state index contributed by atoms with van der Waals surface area (Å²) >= 11 is 0. The number of rotatable bonds is 9. The van der Waals surface area contributed by atoms with Crippen LogP contribution in [0.4, 0.5) is 0 Å². The van der Waals surface area contributed by atoms with Crippen molar-refractivity contribution >= 4 is 11.8 Å². The zero-order valence-electron chi connectivity index (χ0n) is 16.3. The summed E-state index contributed by atoms with van der Waals surface area (Å²) in [6.07, 6.45) is 12.3. The van der Waals surface area contributed by atoms with E-state index in [0.717, 1.165) is 11.1 Å². The third kappa shape index (κ3) is 8.19. The van der Waals surface area contributed by atoms with Gasteiger partial charge in [-0.3, -0.25) is 9.59 Å². The summed E-state index contributed by atoms with van der Waals surface area (Å²) in [7, 11) is 0. The van der Waals surface area contributed by atoms with Crippen molar-refractivity contribution in [2.75, 3.05) is 0 Å². The first-order chi connectivity index (χ1) is 13.0. The normalized spacial score (nSPS) is 12.4. The van der Waals surface area contributed by atoms with Gasteiger partial charge in [0.2, 0.25) is 5.91 Å². The van der Waals surface area contributed by atoms with Crippen molar-refractivity contribution in [1.82, 2.24) is 10.6 Å². The Labute approximate surface area is 162 Å². The largest absolute Gasteiger partial charge is 0.348 e. The molecule has 0 spiro atoms. The molecule has 4 heteroatoms. The zero-order chi connectivity index (χ0) is 20.1. The Bertz CT molecular complexity index is 783. The Morgan fingerprint density at radius 3 is 2.22 bits per heavy atom. The minimum absolute atomic E-state index is 0.0986.